The summed E-state index contributed by atoms with van der Waals surface area (Å²) in [5.41, 5.74) is 4.86. The fraction of sp³-hybridized carbons (Fsp3) is 0. The molecule has 1 aliphatic rings. The summed E-state index contributed by atoms with van der Waals surface area (Å²) in [6.45, 7) is 0. The molecule has 0 radical (unpaired) electrons. The van der Waals surface area contributed by atoms with Crippen LogP contribution in [0.4, 0.5) is 0 Å². The van der Waals surface area contributed by atoms with E-state index >= 15 is 0 Å². The molecule has 0 bridgehead atoms. The maximum atomic E-state index is 6.64. The van der Waals surface area contributed by atoms with Gasteiger partial charge in [-0.05, 0) is 84.0 Å². The lowest BCUT2D eigenvalue weighted by molar-refractivity contribution is 0.493. The summed E-state index contributed by atoms with van der Waals surface area (Å²) in [7, 11) is 0. The lowest BCUT2D eigenvalue weighted by Crippen LogP contribution is -1.98. The van der Waals surface area contributed by atoms with Gasteiger partial charge in [0.1, 0.15) is 11.5 Å². The first-order valence-corrected chi connectivity index (χ1v) is 13.4. The Balaban J connectivity index is 1.32. The summed E-state index contributed by atoms with van der Waals surface area (Å²) in [6.07, 6.45) is 0. The van der Waals surface area contributed by atoms with Gasteiger partial charge in [0.15, 0.2) is 0 Å². The van der Waals surface area contributed by atoms with E-state index in [1.807, 2.05) is 0 Å². The van der Waals surface area contributed by atoms with Gasteiger partial charge in [0.2, 0.25) is 0 Å². The highest BCUT2D eigenvalue weighted by Gasteiger charge is 2.23. The van der Waals surface area contributed by atoms with Crippen LogP contribution in [0.5, 0.6) is 11.5 Å². The highest BCUT2D eigenvalue weighted by molar-refractivity contribution is 6.19. The summed E-state index contributed by atoms with van der Waals surface area (Å²) < 4.78 is 6.64. The van der Waals surface area contributed by atoms with Gasteiger partial charge >= 0.3 is 0 Å². The van der Waals surface area contributed by atoms with Crippen LogP contribution < -0.4 is 4.74 Å². The van der Waals surface area contributed by atoms with Crippen LogP contribution in [0.2, 0.25) is 0 Å². The van der Waals surface area contributed by atoms with Gasteiger partial charge in [-0.15, -0.1) is 0 Å². The minimum absolute atomic E-state index is 0.922. The molecule has 0 aliphatic carbocycles. The number of hydrogen-bond donors (Lipinski definition) is 0. The van der Waals surface area contributed by atoms with Crippen molar-refractivity contribution < 1.29 is 4.74 Å². The molecular formula is C38H22O. The summed E-state index contributed by atoms with van der Waals surface area (Å²) in [5, 5.41) is 12.4. The molecule has 1 nitrogen and oxygen atoms in total. The van der Waals surface area contributed by atoms with Crippen LogP contribution in [0.15, 0.2) is 133 Å². The van der Waals surface area contributed by atoms with E-state index in [0.29, 0.717) is 0 Å². The predicted molar refractivity (Wildman–Crippen MR) is 165 cm³/mol. The van der Waals surface area contributed by atoms with Gasteiger partial charge in [0.25, 0.3) is 0 Å². The Morgan fingerprint density at radius 1 is 0.333 bits per heavy atom. The van der Waals surface area contributed by atoms with Crippen LogP contribution in [0.25, 0.3) is 76.1 Å². The molecule has 0 unspecified atom stereocenters. The van der Waals surface area contributed by atoms with E-state index < -0.39 is 0 Å². The van der Waals surface area contributed by atoms with Crippen molar-refractivity contribution in [2.75, 3.05) is 0 Å². The highest BCUT2D eigenvalue weighted by Crippen LogP contribution is 2.51. The van der Waals surface area contributed by atoms with Gasteiger partial charge in [-0.25, -0.2) is 0 Å². The Kier molecular flexibility index (Phi) is 4.11. The van der Waals surface area contributed by atoms with E-state index in [-0.39, 0.29) is 0 Å². The van der Waals surface area contributed by atoms with E-state index in [1.165, 1.54) is 65.2 Å². The molecule has 9 rings (SSSR count). The molecule has 1 aliphatic heterocycles. The van der Waals surface area contributed by atoms with E-state index in [9.17, 15) is 0 Å². The number of benzene rings is 8. The van der Waals surface area contributed by atoms with Crippen molar-refractivity contribution in [2.45, 2.75) is 0 Å². The Morgan fingerprint density at radius 2 is 1.00 bits per heavy atom. The van der Waals surface area contributed by atoms with Crippen LogP contribution in [-0.4, -0.2) is 0 Å². The van der Waals surface area contributed by atoms with Crippen LogP contribution >= 0.6 is 0 Å². The zero-order valence-electron chi connectivity index (χ0n) is 21.1. The number of hydrogen-bond acceptors (Lipinski definition) is 1. The van der Waals surface area contributed by atoms with E-state index in [0.717, 1.165) is 22.4 Å². The zero-order chi connectivity index (χ0) is 25.5. The molecular weight excluding hydrogens is 472 g/mol. The Labute approximate surface area is 225 Å². The van der Waals surface area contributed by atoms with Crippen LogP contribution in [0, 0.1) is 0 Å². The highest BCUT2D eigenvalue weighted by atomic mass is 16.5. The van der Waals surface area contributed by atoms with Crippen molar-refractivity contribution >= 4 is 53.9 Å². The molecule has 0 spiro atoms. The molecule has 1 heterocycles. The van der Waals surface area contributed by atoms with Gasteiger partial charge in [0.05, 0.1) is 0 Å². The minimum atomic E-state index is 0.922. The third-order valence-electron chi connectivity index (χ3n) is 8.42. The first-order chi connectivity index (χ1) is 19.3. The number of fused-ring (bicyclic) bond motifs is 8. The first kappa shape index (κ1) is 20.9. The van der Waals surface area contributed by atoms with Crippen LogP contribution in [0.1, 0.15) is 0 Å². The third-order valence-corrected chi connectivity index (χ3v) is 8.42. The monoisotopic (exact) mass is 494 g/mol. The smallest absolute Gasteiger partial charge is 0.143 e. The first-order valence-electron chi connectivity index (χ1n) is 13.4. The quantitative estimate of drug-likeness (QED) is 0.163. The SMILES string of the molecule is c1ccc2cc3c(ccc4c(-c5ccc6c7c(cccc57)Oc5c-6ccc6ccccc56)cccc43)cc2c1. The predicted octanol–water partition coefficient (Wildman–Crippen LogP) is 10.9. The Bertz CT molecular complexity index is 2310. The summed E-state index contributed by atoms with van der Waals surface area (Å²) >= 11 is 0. The standard InChI is InChI=1S/C38H22O/c1-2-9-25-22-35-26(21-24(25)8-1)16-17-30-28(11-5-12-29(30)35)31-19-20-33-34-18-15-23-7-3-4-10-27(23)38(34)39-36-14-6-13-32(31)37(33)36/h1-22H. The van der Waals surface area contributed by atoms with E-state index in [4.69, 9.17) is 4.74 Å². The molecule has 0 fully saturated rings. The topological polar surface area (TPSA) is 9.23 Å². The summed E-state index contributed by atoms with van der Waals surface area (Å²) in [6, 6.07) is 48.4. The molecule has 8 aromatic carbocycles. The van der Waals surface area contributed by atoms with Gasteiger partial charge < -0.3 is 4.74 Å². The Morgan fingerprint density at radius 3 is 1.92 bits per heavy atom. The van der Waals surface area contributed by atoms with Gasteiger partial charge in [-0.2, -0.15) is 0 Å². The fourth-order valence-electron chi connectivity index (χ4n) is 6.61. The fourth-order valence-corrected chi connectivity index (χ4v) is 6.61. The third kappa shape index (κ3) is 2.90. The van der Waals surface area contributed by atoms with Crippen molar-refractivity contribution in [1.29, 1.82) is 0 Å². The maximum absolute atomic E-state index is 6.64. The summed E-state index contributed by atoms with van der Waals surface area (Å²) in [4.78, 5) is 0. The number of ether oxygens (including phenoxy) is 1. The average Bonchev–Trinajstić information content (AvgIpc) is 3.00. The molecule has 0 aromatic heterocycles. The van der Waals surface area contributed by atoms with Gasteiger partial charge in [-0.3, -0.25) is 0 Å². The zero-order valence-corrected chi connectivity index (χ0v) is 21.1. The summed E-state index contributed by atoms with van der Waals surface area (Å²) in [5.74, 6) is 1.87. The second-order valence-electron chi connectivity index (χ2n) is 10.5. The van der Waals surface area contributed by atoms with E-state index in [1.54, 1.807) is 0 Å². The van der Waals surface area contributed by atoms with Gasteiger partial charge in [-0.1, -0.05) is 109 Å². The lowest BCUT2D eigenvalue weighted by atomic mass is 9.87. The molecule has 0 atom stereocenters. The minimum Gasteiger partial charge on any atom is -0.455 e. The second kappa shape index (κ2) is 7.69. The maximum Gasteiger partial charge on any atom is 0.143 e. The van der Waals surface area contributed by atoms with Crippen molar-refractivity contribution in [3.05, 3.63) is 133 Å². The second-order valence-corrected chi connectivity index (χ2v) is 10.5. The van der Waals surface area contributed by atoms with Crippen LogP contribution in [0.3, 0.4) is 0 Å². The van der Waals surface area contributed by atoms with E-state index in [2.05, 4.69) is 133 Å². The van der Waals surface area contributed by atoms with Crippen molar-refractivity contribution in [3.8, 4) is 33.8 Å². The molecule has 0 amide bonds. The van der Waals surface area contributed by atoms with Crippen molar-refractivity contribution in [3.63, 3.8) is 0 Å². The molecule has 8 aromatic rings. The molecule has 39 heavy (non-hydrogen) atoms. The van der Waals surface area contributed by atoms with Gasteiger partial charge in [0, 0.05) is 16.3 Å². The largest absolute Gasteiger partial charge is 0.455 e. The number of rotatable bonds is 1. The average molecular weight is 495 g/mol. The molecule has 0 saturated carbocycles. The molecule has 0 N–H and O–H groups in total. The van der Waals surface area contributed by atoms with Crippen LogP contribution in [-0.2, 0) is 0 Å². The molecule has 1 heteroatoms. The molecule has 180 valence electrons. The lowest BCUT2D eigenvalue weighted by Gasteiger charge is -2.24. The van der Waals surface area contributed by atoms with Crippen molar-refractivity contribution in [2.24, 2.45) is 0 Å². The Hall–Kier alpha value is -5.14. The van der Waals surface area contributed by atoms with Crippen molar-refractivity contribution in [1.82, 2.24) is 0 Å². The normalized spacial score (nSPS) is 12.3. The molecule has 0 saturated heterocycles.